The van der Waals surface area contributed by atoms with Gasteiger partial charge >= 0.3 is 0 Å². The number of ether oxygens (including phenoxy) is 1. The summed E-state index contributed by atoms with van der Waals surface area (Å²) < 4.78 is 5.68. The molecule has 0 radical (unpaired) electrons. The lowest BCUT2D eigenvalue weighted by atomic mass is 9.98. The molecule has 0 aromatic heterocycles. The second-order valence-corrected chi connectivity index (χ2v) is 4.24. The fraction of sp³-hybridized carbons (Fsp3) is 0.909. The summed E-state index contributed by atoms with van der Waals surface area (Å²) in [6, 6.07) is 0.0532. The summed E-state index contributed by atoms with van der Waals surface area (Å²) in [5.41, 5.74) is 0. The predicted octanol–water partition coefficient (Wildman–Crippen LogP) is 1.07. The van der Waals surface area contributed by atoms with Crippen molar-refractivity contribution in [2.24, 2.45) is 5.92 Å². The zero-order chi connectivity index (χ0) is 10.1. The zero-order valence-corrected chi connectivity index (χ0v) is 9.03. The number of hydrogen-bond donors (Lipinski definition) is 0. The average molecular weight is 197 g/mol. The first-order valence-electron chi connectivity index (χ1n) is 5.66. The van der Waals surface area contributed by atoms with Crippen molar-refractivity contribution in [2.45, 2.75) is 38.8 Å². The minimum atomic E-state index is 0.0532. The molecule has 14 heavy (non-hydrogen) atoms. The average Bonchev–Trinajstić information content (AvgIpc) is 2.74. The largest absolute Gasteiger partial charge is 0.376 e. The highest BCUT2D eigenvalue weighted by Crippen LogP contribution is 2.34. The summed E-state index contributed by atoms with van der Waals surface area (Å²) in [6.45, 7) is 6.93. The molecule has 2 aliphatic heterocycles. The lowest BCUT2D eigenvalue weighted by Gasteiger charge is -2.24. The number of carbonyl (C=O) groups is 1. The molecular formula is C11H19NO2. The Bertz CT molecular complexity index is 229. The molecule has 80 valence electrons. The van der Waals surface area contributed by atoms with Gasteiger partial charge in [-0.25, -0.2) is 0 Å². The summed E-state index contributed by atoms with van der Waals surface area (Å²) in [5.74, 6) is 0.955. The molecule has 0 aromatic carbocycles. The maximum atomic E-state index is 11.8. The summed E-state index contributed by atoms with van der Waals surface area (Å²) in [7, 11) is 0. The molecule has 0 aliphatic carbocycles. The van der Waals surface area contributed by atoms with E-state index in [1.807, 2.05) is 6.92 Å². The highest BCUT2D eigenvalue weighted by atomic mass is 16.5. The van der Waals surface area contributed by atoms with Gasteiger partial charge < -0.3 is 4.74 Å². The highest BCUT2D eigenvalue weighted by Gasteiger charge is 2.47. The van der Waals surface area contributed by atoms with E-state index in [1.165, 1.54) is 0 Å². The van der Waals surface area contributed by atoms with Crippen LogP contribution in [0.1, 0.15) is 26.7 Å². The van der Waals surface area contributed by atoms with Crippen LogP contribution in [0, 0.1) is 5.92 Å². The van der Waals surface area contributed by atoms with Gasteiger partial charge in [-0.2, -0.15) is 0 Å². The molecule has 3 atom stereocenters. The van der Waals surface area contributed by atoms with Gasteiger partial charge in [0.05, 0.1) is 12.1 Å². The van der Waals surface area contributed by atoms with Crippen LogP contribution < -0.4 is 0 Å². The number of nitrogens with zero attached hydrogens (tertiary/aromatic N) is 1. The third kappa shape index (κ3) is 1.48. The van der Waals surface area contributed by atoms with Crippen molar-refractivity contribution in [3.05, 3.63) is 0 Å². The smallest absolute Gasteiger partial charge is 0.152 e. The third-order valence-electron chi connectivity index (χ3n) is 3.52. The molecule has 2 aliphatic rings. The van der Waals surface area contributed by atoms with E-state index in [2.05, 4.69) is 11.8 Å². The molecular weight excluding hydrogens is 178 g/mol. The second kappa shape index (κ2) is 3.99. The molecule has 3 unspecified atom stereocenters. The number of Topliss-reactive ketones (excluding diaryl/α,β-unsaturated/α-hetero) is 1. The Labute approximate surface area is 85.4 Å². The predicted molar refractivity (Wildman–Crippen MR) is 54.2 cm³/mol. The van der Waals surface area contributed by atoms with Gasteiger partial charge in [-0.15, -0.1) is 0 Å². The van der Waals surface area contributed by atoms with Gasteiger partial charge in [0.25, 0.3) is 0 Å². The number of rotatable bonds is 3. The molecule has 3 heteroatoms. The van der Waals surface area contributed by atoms with Gasteiger partial charge in [0.15, 0.2) is 5.78 Å². The van der Waals surface area contributed by atoms with Crippen molar-refractivity contribution in [3.8, 4) is 0 Å². The van der Waals surface area contributed by atoms with Crippen molar-refractivity contribution in [1.29, 1.82) is 0 Å². The SMILES string of the molecule is CCC(=O)C1C2OCCC2CN1CC. The molecule has 2 fully saturated rings. The summed E-state index contributed by atoms with van der Waals surface area (Å²) in [6.07, 6.45) is 1.96. The van der Waals surface area contributed by atoms with Crippen molar-refractivity contribution in [3.63, 3.8) is 0 Å². The Balaban J connectivity index is 2.13. The van der Waals surface area contributed by atoms with Crippen LogP contribution in [0.5, 0.6) is 0 Å². The third-order valence-corrected chi connectivity index (χ3v) is 3.52. The topological polar surface area (TPSA) is 29.5 Å². The Kier molecular flexibility index (Phi) is 2.88. The van der Waals surface area contributed by atoms with Crippen LogP contribution in [0.25, 0.3) is 0 Å². The van der Waals surface area contributed by atoms with Gasteiger partial charge in [0.1, 0.15) is 0 Å². The highest BCUT2D eigenvalue weighted by molar-refractivity contribution is 5.84. The second-order valence-electron chi connectivity index (χ2n) is 4.24. The molecule has 0 aromatic rings. The van der Waals surface area contributed by atoms with Crippen molar-refractivity contribution < 1.29 is 9.53 Å². The van der Waals surface area contributed by atoms with Crippen LogP contribution in [-0.2, 0) is 9.53 Å². The van der Waals surface area contributed by atoms with Gasteiger partial charge in [-0.3, -0.25) is 9.69 Å². The molecule has 0 bridgehead atoms. The molecule has 0 saturated carbocycles. The van der Waals surface area contributed by atoms with Gasteiger partial charge in [-0.05, 0) is 13.0 Å². The van der Waals surface area contributed by atoms with Gasteiger partial charge in [-0.1, -0.05) is 13.8 Å². The number of hydrogen-bond acceptors (Lipinski definition) is 3. The fourth-order valence-corrected chi connectivity index (χ4v) is 2.74. The Hall–Kier alpha value is -0.410. The Morgan fingerprint density at radius 2 is 2.29 bits per heavy atom. The van der Waals surface area contributed by atoms with E-state index in [1.54, 1.807) is 0 Å². The van der Waals surface area contributed by atoms with Crippen LogP contribution in [-0.4, -0.2) is 42.5 Å². The molecule has 0 spiro atoms. The van der Waals surface area contributed by atoms with E-state index in [0.29, 0.717) is 18.1 Å². The quantitative estimate of drug-likeness (QED) is 0.678. The number of likely N-dealkylation sites (N-methyl/N-ethyl adjacent to an activating group) is 1. The van der Waals surface area contributed by atoms with Crippen LogP contribution >= 0.6 is 0 Å². The van der Waals surface area contributed by atoms with E-state index < -0.39 is 0 Å². The summed E-state index contributed by atoms with van der Waals surface area (Å²) in [4.78, 5) is 14.1. The molecule has 0 amide bonds. The zero-order valence-electron chi connectivity index (χ0n) is 9.03. The maximum absolute atomic E-state index is 11.8. The number of carbonyl (C=O) groups excluding carboxylic acids is 1. The number of fused-ring (bicyclic) bond motifs is 1. The number of ketones is 1. The Morgan fingerprint density at radius 1 is 1.50 bits per heavy atom. The molecule has 3 nitrogen and oxygen atoms in total. The minimum absolute atomic E-state index is 0.0532. The van der Waals surface area contributed by atoms with Crippen LogP contribution in [0.15, 0.2) is 0 Å². The van der Waals surface area contributed by atoms with E-state index >= 15 is 0 Å². The first kappa shape index (κ1) is 10.1. The summed E-state index contributed by atoms with van der Waals surface area (Å²) in [5, 5.41) is 0. The molecule has 0 N–H and O–H groups in total. The minimum Gasteiger partial charge on any atom is -0.376 e. The standard InChI is InChI=1S/C11H19NO2/c1-3-9(13)10-11-8(5-6-14-11)7-12(10)4-2/h8,10-11H,3-7H2,1-2H3. The fourth-order valence-electron chi connectivity index (χ4n) is 2.74. The van der Waals surface area contributed by atoms with Crippen molar-refractivity contribution in [1.82, 2.24) is 4.90 Å². The normalized spacial score (nSPS) is 37.4. The molecule has 2 saturated heterocycles. The van der Waals surface area contributed by atoms with E-state index in [0.717, 1.165) is 26.1 Å². The first-order chi connectivity index (χ1) is 6.77. The lowest BCUT2D eigenvalue weighted by molar-refractivity contribution is -0.126. The van der Waals surface area contributed by atoms with Crippen molar-refractivity contribution >= 4 is 5.78 Å². The van der Waals surface area contributed by atoms with Gasteiger partial charge in [0.2, 0.25) is 0 Å². The monoisotopic (exact) mass is 197 g/mol. The molecule has 2 rings (SSSR count). The maximum Gasteiger partial charge on any atom is 0.152 e. The summed E-state index contributed by atoms with van der Waals surface area (Å²) >= 11 is 0. The number of likely N-dealkylation sites (tertiary alicyclic amines) is 1. The van der Waals surface area contributed by atoms with Crippen LogP contribution in [0.4, 0.5) is 0 Å². The van der Waals surface area contributed by atoms with Crippen molar-refractivity contribution in [2.75, 3.05) is 19.7 Å². The van der Waals surface area contributed by atoms with E-state index in [4.69, 9.17) is 4.74 Å². The Morgan fingerprint density at radius 3 is 2.93 bits per heavy atom. The van der Waals surface area contributed by atoms with E-state index in [9.17, 15) is 4.79 Å². The lowest BCUT2D eigenvalue weighted by Crippen LogP contribution is -2.42. The molecule has 2 heterocycles. The van der Waals surface area contributed by atoms with E-state index in [-0.39, 0.29) is 12.1 Å². The van der Waals surface area contributed by atoms with Crippen LogP contribution in [0.3, 0.4) is 0 Å². The first-order valence-corrected chi connectivity index (χ1v) is 5.66. The van der Waals surface area contributed by atoms with Gasteiger partial charge in [0, 0.05) is 25.5 Å². The van der Waals surface area contributed by atoms with Crippen LogP contribution in [0.2, 0.25) is 0 Å².